The Morgan fingerprint density at radius 2 is 1.18 bits per heavy atom. The molecular weight excluding hydrogens is 703 g/mol. The highest BCUT2D eigenvalue weighted by Crippen LogP contribution is 2.33. The summed E-state index contributed by atoms with van der Waals surface area (Å²) >= 11 is 0. The fraction of sp³-hybridized carbons (Fsp3) is 0.862. The van der Waals surface area contributed by atoms with Gasteiger partial charge in [-0.25, -0.2) is 4.39 Å². The van der Waals surface area contributed by atoms with E-state index in [1.54, 1.807) is 5.32 Å². The van der Waals surface area contributed by atoms with E-state index in [2.05, 4.69) is 17.0 Å². The third-order valence-electron chi connectivity index (χ3n) is 8.40. The van der Waals surface area contributed by atoms with Gasteiger partial charge in [-0.1, -0.05) is 20.8 Å². The molecule has 3 aliphatic rings. The molecular formula is C29H50F3N3O16. The third kappa shape index (κ3) is 13.3. The van der Waals surface area contributed by atoms with Crippen LogP contribution in [0, 0.1) is 11.8 Å². The van der Waals surface area contributed by atoms with Gasteiger partial charge in [0.2, 0.25) is 12.2 Å². The Labute approximate surface area is 291 Å². The second-order valence-corrected chi connectivity index (χ2v) is 12.0. The molecule has 0 saturated carbocycles. The van der Waals surface area contributed by atoms with Crippen molar-refractivity contribution in [2.45, 2.75) is 127 Å². The minimum absolute atomic E-state index is 0.0503. The van der Waals surface area contributed by atoms with E-state index in [0.717, 1.165) is 6.42 Å². The predicted octanol–water partition coefficient (Wildman–Crippen LogP) is -4.50. The van der Waals surface area contributed by atoms with Crippen LogP contribution < -0.4 is 16.0 Å². The first kappa shape index (κ1) is 46.3. The number of hydrogen-bond donors (Lipinski definition) is 11. The molecule has 51 heavy (non-hydrogen) atoms. The highest BCUT2D eigenvalue weighted by Gasteiger charge is 2.46. The largest absolute Gasteiger partial charge is 0.434 e. The lowest BCUT2D eigenvalue weighted by atomic mass is 9.81. The van der Waals surface area contributed by atoms with E-state index in [-0.39, 0.29) is 24.0 Å². The maximum absolute atomic E-state index is 12.0. The van der Waals surface area contributed by atoms with E-state index in [1.807, 2.05) is 19.2 Å². The van der Waals surface area contributed by atoms with Crippen molar-refractivity contribution in [3.8, 4) is 0 Å². The zero-order chi connectivity index (χ0) is 39.3. The molecule has 3 aliphatic heterocycles. The summed E-state index contributed by atoms with van der Waals surface area (Å²) in [5, 5.41) is 80.4. The molecule has 15 atom stereocenters. The van der Waals surface area contributed by atoms with Crippen LogP contribution in [-0.2, 0) is 38.1 Å². The normalized spacial score (nSPS) is 37.8. The molecule has 3 fully saturated rings. The number of alkyl halides is 3. The van der Waals surface area contributed by atoms with E-state index in [0.29, 0.717) is 5.92 Å². The van der Waals surface area contributed by atoms with Crippen LogP contribution in [0.2, 0.25) is 0 Å². The highest BCUT2D eigenvalue weighted by atomic mass is 19.3. The molecule has 19 nitrogen and oxygen atoms in total. The van der Waals surface area contributed by atoms with Gasteiger partial charge in [-0.2, -0.15) is 8.78 Å². The summed E-state index contributed by atoms with van der Waals surface area (Å²) in [6, 6.07) is -3.21. The number of carbonyl (C=O) groups is 4. The quantitative estimate of drug-likeness (QED) is 0.0989. The van der Waals surface area contributed by atoms with Gasteiger partial charge in [-0.3, -0.25) is 19.2 Å². The summed E-state index contributed by atoms with van der Waals surface area (Å²) in [6.07, 6.45) is -15.3. The number of carbonyl (C=O) groups excluding carboxylic acids is 4. The van der Waals surface area contributed by atoms with Gasteiger partial charge in [0.1, 0.15) is 48.7 Å². The minimum atomic E-state index is -3.32. The summed E-state index contributed by atoms with van der Waals surface area (Å²) in [4.78, 5) is 43.8. The van der Waals surface area contributed by atoms with Crippen LogP contribution in [0.3, 0.4) is 0 Å². The Balaban J connectivity index is 0.000000383. The number of amides is 3. The lowest BCUT2D eigenvalue weighted by Crippen LogP contribution is -2.64. The van der Waals surface area contributed by atoms with Crippen LogP contribution in [0.1, 0.15) is 41.0 Å². The molecule has 22 heteroatoms. The second-order valence-electron chi connectivity index (χ2n) is 12.0. The predicted molar refractivity (Wildman–Crippen MR) is 162 cm³/mol. The molecule has 3 rings (SSSR count). The lowest BCUT2D eigenvalue weighted by molar-refractivity contribution is -0.254. The molecule has 298 valence electrons. The van der Waals surface area contributed by atoms with Gasteiger partial charge in [-0.05, 0) is 18.3 Å². The van der Waals surface area contributed by atoms with E-state index in [9.17, 15) is 63.0 Å². The zero-order valence-electron chi connectivity index (χ0n) is 28.5. The molecule has 3 saturated heterocycles. The first-order valence-corrected chi connectivity index (χ1v) is 15.9. The van der Waals surface area contributed by atoms with Crippen molar-refractivity contribution >= 4 is 23.7 Å². The van der Waals surface area contributed by atoms with E-state index < -0.39 is 112 Å². The molecule has 0 radical (unpaired) electrons. The second kappa shape index (κ2) is 21.7. The number of aliphatic hydroxyl groups is 8. The van der Waals surface area contributed by atoms with Crippen molar-refractivity contribution in [3.63, 3.8) is 0 Å². The molecule has 0 aromatic rings. The van der Waals surface area contributed by atoms with E-state index >= 15 is 0 Å². The summed E-state index contributed by atoms with van der Waals surface area (Å²) < 4.78 is 56.2. The van der Waals surface area contributed by atoms with Gasteiger partial charge >= 0.3 is 12.4 Å². The monoisotopic (exact) mass is 753 g/mol. The van der Waals surface area contributed by atoms with Gasteiger partial charge in [-0.15, -0.1) is 0 Å². The van der Waals surface area contributed by atoms with Crippen molar-refractivity contribution in [3.05, 3.63) is 0 Å². The molecule has 9 unspecified atom stereocenters. The SMILES string of the molecule is CCC1OC(OC(C)=O)C(NC(C)=O)[C@@H](C)[C@@H]1C.O=C(CF)NC1C(O)OC(CO)[C@@H](O)[C@@H]1O.O=C(NC1C(O)OC(CO)[C@@H](O)[C@@H]1O)C(F)F. The average molecular weight is 754 g/mol. The molecule has 3 amide bonds. The van der Waals surface area contributed by atoms with Gasteiger partial charge < -0.3 is 75.8 Å². The number of hydrogen-bond acceptors (Lipinski definition) is 16. The van der Waals surface area contributed by atoms with Gasteiger partial charge in [0.25, 0.3) is 11.8 Å². The molecule has 0 spiro atoms. The highest BCUT2D eigenvalue weighted by molar-refractivity contribution is 5.79. The van der Waals surface area contributed by atoms with E-state index in [4.69, 9.17) is 24.4 Å². The molecule has 3 heterocycles. The summed E-state index contributed by atoms with van der Waals surface area (Å²) in [7, 11) is 0. The average Bonchev–Trinajstić information content (AvgIpc) is 3.07. The summed E-state index contributed by atoms with van der Waals surface area (Å²) in [5.41, 5.74) is 0. The molecule has 0 aliphatic carbocycles. The standard InChI is InChI=1S/C13H23NO4.C8H13F2NO6.C8H14FNO6/c1-6-11-7(2)8(3)12(14-9(4)15)13(18-11)17-10(5)16;9-6(10)7(15)11-3-5(14)4(13)2(1-12)17-8(3)16;9-1-4(12)10-5-7(14)6(13)3(2-11)16-8(5)15/h7-8,11-13H,6H2,1-5H3,(H,14,15);2-6,8,12-14,16H,1H2,(H,11,15);3,5-8,11,13-15H,1-2H2,(H,10,12)/t7-,8-,11?,12?,13?;2?,3?,4-,5-,8?;3?,5?,6-,7-,8?/m011/s1. The summed E-state index contributed by atoms with van der Waals surface area (Å²) in [6.45, 7) is 6.40. The van der Waals surface area contributed by atoms with Crippen molar-refractivity contribution < 1.29 is 92.1 Å². The first-order chi connectivity index (χ1) is 23.7. The summed E-state index contributed by atoms with van der Waals surface area (Å²) in [5.74, 6) is -2.79. The third-order valence-corrected chi connectivity index (χ3v) is 8.40. The number of ether oxygens (including phenoxy) is 4. The van der Waals surface area contributed by atoms with Gasteiger partial charge in [0.15, 0.2) is 19.3 Å². The van der Waals surface area contributed by atoms with Gasteiger partial charge in [0, 0.05) is 13.8 Å². The van der Waals surface area contributed by atoms with Gasteiger partial charge in [0.05, 0.1) is 25.4 Å². The van der Waals surface area contributed by atoms with Crippen molar-refractivity contribution in [2.24, 2.45) is 11.8 Å². The maximum atomic E-state index is 12.0. The fourth-order valence-corrected chi connectivity index (χ4v) is 5.42. The van der Waals surface area contributed by atoms with Crippen LogP contribution in [0.15, 0.2) is 0 Å². The van der Waals surface area contributed by atoms with Crippen LogP contribution in [-0.4, -0.2) is 171 Å². The Bertz CT molecular complexity index is 1120. The first-order valence-electron chi connectivity index (χ1n) is 15.9. The smallest absolute Gasteiger partial charge is 0.315 e. The molecule has 0 aromatic carbocycles. The fourth-order valence-electron chi connectivity index (χ4n) is 5.42. The number of esters is 1. The van der Waals surface area contributed by atoms with Crippen molar-refractivity contribution in [2.75, 3.05) is 19.9 Å². The number of rotatable bonds is 9. The number of nitrogens with one attached hydrogen (secondary N) is 3. The molecule has 11 N–H and O–H groups in total. The Kier molecular flexibility index (Phi) is 19.7. The molecule has 0 bridgehead atoms. The van der Waals surface area contributed by atoms with E-state index in [1.165, 1.54) is 13.8 Å². The lowest BCUT2D eigenvalue weighted by Gasteiger charge is -2.44. The van der Waals surface area contributed by atoms with Crippen LogP contribution >= 0.6 is 0 Å². The minimum Gasteiger partial charge on any atom is -0.434 e. The topological polar surface area (TPSA) is 303 Å². The number of aliphatic hydroxyl groups excluding tert-OH is 8. The van der Waals surface area contributed by atoms with Crippen molar-refractivity contribution in [1.82, 2.24) is 16.0 Å². The van der Waals surface area contributed by atoms with Crippen LogP contribution in [0.25, 0.3) is 0 Å². The van der Waals surface area contributed by atoms with Crippen molar-refractivity contribution in [1.29, 1.82) is 0 Å². The van der Waals surface area contributed by atoms with Crippen LogP contribution in [0.4, 0.5) is 13.2 Å². The van der Waals surface area contributed by atoms with Crippen LogP contribution in [0.5, 0.6) is 0 Å². The molecule has 0 aromatic heterocycles. The number of halogens is 3. The Hall–Kier alpha value is -2.77. The zero-order valence-corrected chi connectivity index (χ0v) is 28.5. The Morgan fingerprint density at radius 1 is 0.706 bits per heavy atom. The maximum Gasteiger partial charge on any atom is 0.315 e. The Morgan fingerprint density at radius 3 is 1.55 bits per heavy atom.